The molecule has 2 heterocycles. The molecule has 32 heavy (non-hydrogen) atoms. The highest BCUT2D eigenvalue weighted by molar-refractivity contribution is 5.94. The molecule has 0 atom stereocenters. The van der Waals surface area contributed by atoms with Crippen molar-refractivity contribution in [2.75, 3.05) is 26.7 Å². The normalized spacial score (nSPS) is 13.4. The number of hydrogen-bond acceptors (Lipinski definition) is 4. The molecular weight excluding hydrogens is 400 g/mol. The predicted molar refractivity (Wildman–Crippen MR) is 133 cm³/mol. The highest BCUT2D eigenvalue weighted by Crippen LogP contribution is 2.30. The van der Waals surface area contributed by atoms with Gasteiger partial charge in [0.05, 0.1) is 19.0 Å². The van der Waals surface area contributed by atoms with Crippen LogP contribution in [0.4, 0.5) is 0 Å². The van der Waals surface area contributed by atoms with Gasteiger partial charge >= 0.3 is 0 Å². The van der Waals surface area contributed by atoms with Crippen LogP contribution in [0.1, 0.15) is 50.3 Å². The number of carbonyl (C=O) groups is 1. The maximum atomic E-state index is 12.4. The van der Waals surface area contributed by atoms with Crippen LogP contribution in [0.2, 0.25) is 0 Å². The number of nitrogens with one attached hydrogen (secondary N) is 1. The summed E-state index contributed by atoms with van der Waals surface area (Å²) in [6.45, 7) is 4.77. The van der Waals surface area contributed by atoms with E-state index in [0.717, 1.165) is 55.7 Å². The minimum Gasteiger partial charge on any atom is -0.497 e. The van der Waals surface area contributed by atoms with Gasteiger partial charge in [-0.25, -0.2) is 4.99 Å². The largest absolute Gasteiger partial charge is 0.497 e. The number of carbonyl (C=O) groups excluding carboxylic acids is 1. The number of rotatable bonds is 12. The van der Waals surface area contributed by atoms with E-state index in [9.17, 15) is 4.79 Å². The molecule has 0 saturated heterocycles. The van der Waals surface area contributed by atoms with E-state index >= 15 is 0 Å². The lowest BCUT2D eigenvalue weighted by atomic mass is 10.0. The zero-order valence-electron chi connectivity index (χ0n) is 19.6. The average molecular weight is 437 g/mol. The molecule has 2 aromatic rings. The van der Waals surface area contributed by atoms with E-state index in [1.54, 1.807) is 13.2 Å². The van der Waals surface area contributed by atoms with Gasteiger partial charge in [-0.05, 0) is 55.5 Å². The number of methoxy groups -OCH3 is 1. The molecule has 1 N–H and O–H groups in total. The van der Waals surface area contributed by atoms with Crippen molar-refractivity contribution in [1.29, 1.82) is 0 Å². The molecule has 1 aliphatic heterocycles. The van der Waals surface area contributed by atoms with Gasteiger partial charge < -0.3 is 19.5 Å². The topological polar surface area (TPSA) is 58.9 Å². The van der Waals surface area contributed by atoms with E-state index in [0.29, 0.717) is 6.54 Å². The SMILES string of the molecule is CCCCCc1c(C=CC(=O)NCCCCN2C=NC=CC2)n(C)c2cc(OC)ccc12. The van der Waals surface area contributed by atoms with Crippen molar-refractivity contribution in [3.63, 3.8) is 0 Å². The first kappa shape index (κ1) is 23.6. The molecular formula is C26H36N4O2. The van der Waals surface area contributed by atoms with Gasteiger partial charge in [0.15, 0.2) is 0 Å². The van der Waals surface area contributed by atoms with E-state index < -0.39 is 0 Å². The van der Waals surface area contributed by atoms with Gasteiger partial charge in [0.1, 0.15) is 5.75 Å². The van der Waals surface area contributed by atoms with E-state index in [1.807, 2.05) is 30.8 Å². The van der Waals surface area contributed by atoms with Crippen LogP contribution in [0.3, 0.4) is 0 Å². The Morgan fingerprint density at radius 2 is 2.12 bits per heavy atom. The van der Waals surface area contributed by atoms with Gasteiger partial charge in [0, 0.05) is 56.1 Å². The first-order valence-corrected chi connectivity index (χ1v) is 11.7. The summed E-state index contributed by atoms with van der Waals surface area (Å²) >= 11 is 0. The van der Waals surface area contributed by atoms with E-state index in [4.69, 9.17) is 4.74 Å². The summed E-state index contributed by atoms with van der Waals surface area (Å²) in [6, 6.07) is 6.21. The smallest absolute Gasteiger partial charge is 0.244 e. The van der Waals surface area contributed by atoms with Crippen LogP contribution in [0.15, 0.2) is 41.5 Å². The van der Waals surface area contributed by atoms with Crippen molar-refractivity contribution in [1.82, 2.24) is 14.8 Å². The third kappa shape index (κ3) is 6.25. The summed E-state index contributed by atoms with van der Waals surface area (Å²) in [7, 11) is 3.75. The fraction of sp³-hybridized carbons (Fsp3) is 0.462. The molecule has 172 valence electrons. The molecule has 0 unspecified atom stereocenters. The second kappa shape index (κ2) is 12.1. The number of aromatic nitrogens is 1. The first-order valence-electron chi connectivity index (χ1n) is 11.7. The average Bonchev–Trinajstić information content (AvgIpc) is 3.08. The maximum Gasteiger partial charge on any atom is 0.244 e. The van der Waals surface area contributed by atoms with Crippen LogP contribution >= 0.6 is 0 Å². The van der Waals surface area contributed by atoms with Gasteiger partial charge in [-0.1, -0.05) is 19.8 Å². The lowest BCUT2D eigenvalue weighted by molar-refractivity contribution is -0.116. The minimum absolute atomic E-state index is 0.0465. The van der Waals surface area contributed by atoms with Crippen molar-refractivity contribution in [2.45, 2.75) is 45.4 Å². The van der Waals surface area contributed by atoms with Gasteiger partial charge in [-0.3, -0.25) is 4.79 Å². The van der Waals surface area contributed by atoms with E-state index in [1.165, 1.54) is 23.8 Å². The van der Waals surface area contributed by atoms with Crippen molar-refractivity contribution in [3.8, 4) is 5.75 Å². The minimum atomic E-state index is -0.0465. The summed E-state index contributed by atoms with van der Waals surface area (Å²) in [4.78, 5) is 18.7. The maximum absolute atomic E-state index is 12.4. The van der Waals surface area contributed by atoms with Crippen LogP contribution in [-0.4, -0.2) is 48.5 Å². The van der Waals surface area contributed by atoms with Crippen LogP contribution in [-0.2, 0) is 18.3 Å². The monoisotopic (exact) mass is 436 g/mol. The van der Waals surface area contributed by atoms with E-state index in [-0.39, 0.29) is 5.91 Å². The standard InChI is InChI=1S/C26H36N4O2/c1-4-5-6-10-22-23-12-11-21(32-3)19-25(23)29(2)24(22)13-14-26(31)28-16-7-8-17-30-18-9-15-27-20-30/h9,11-15,19-20H,4-8,10,16-18H2,1-3H3,(H,28,31). The van der Waals surface area contributed by atoms with Gasteiger partial charge in [-0.15, -0.1) is 0 Å². The van der Waals surface area contributed by atoms with Gasteiger partial charge in [0.25, 0.3) is 0 Å². The second-order valence-electron chi connectivity index (χ2n) is 8.24. The predicted octanol–water partition coefficient (Wildman–Crippen LogP) is 4.69. The molecule has 3 rings (SSSR count). The van der Waals surface area contributed by atoms with Gasteiger partial charge in [-0.2, -0.15) is 0 Å². The molecule has 0 bridgehead atoms. The number of nitrogens with zero attached hydrogens (tertiary/aromatic N) is 3. The highest BCUT2D eigenvalue weighted by atomic mass is 16.5. The molecule has 0 radical (unpaired) electrons. The lowest BCUT2D eigenvalue weighted by Gasteiger charge is -2.18. The van der Waals surface area contributed by atoms with Crippen LogP contribution in [0.25, 0.3) is 17.0 Å². The Bertz CT molecular complexity index is 987. The van der Waals surface area contributed by atoms with Crippen molar-refractivity contribution < 1.29 is 9.53 Å². The Kier molecular flexibility index (Phi) is 8.96. The molecule has 0 spiro atoms. The van der Waals surface area contributed by atoms with Crippen molar-refractivity contribution >= 4 is 29.2 Å². The van der Waals surface area contributed by atoms with Crippen molar-refractivity contribution in [2.24, 2.45) is 12.0 Å². The Balaban J connectivity index is 1.60. The number of unbranched alkanes of at least 4 members (excludes halogenated alkanes) is 3. The fourth-order valence-electron chi connectivity index (χ4n) is 4.11. The number of amides is 1. The molecule has 1 aromatic heterocycles. The third-order valence-corrected chi connectivity index (χ3v) is 5.92. The molecule has 0 saturated carbocycles. The Hall–Kier alpha value is -3.02. The highest BCUT2D eigenvalue weighted by Gasteiger charge is 2.14. The third-order valence-electron chi connectivity index (χ3n) is 5.92. The molecule has 1 aliphatic rings. The number of aliphatic imine (C=N–C) groups is 1. The van der Waals surface area contributed by atoms with Crippen LogP contribution < -0.4 is 10.1 Å². The fourth-order valence-corrected chi connectivity index (χ4v) is 4.11. The number of fused-ring (bicyclic) bond motifs is 1. The number of hydrogen-bond donors (Lipinski definition) is 1. The molecule has 6 nitrogen and oxygen atoms in total. The van der Waals surface area contributed by atoms with Crippen LogP contribution in [0, 0.1) is 0 Å². The number of aryl methyl sites for hydroxylation is 2. The number of ether oxygens (including phenoxy) is 1. The first-order chi connectivity index (χ1) is 15.6. The summed E-state index contributed by atoms with van der Waals surface area (Å²) in [6.07, 6.45) is 15.9. The zero-order chi connectivity index (χ0) is 22.8. The van der Waals surface area contributed by atoms with E-state index in [2.05, 4.69) is 45.9 Å². The van der Waals surface area contributed by atoms with Crippen LogP contribution in [0.5, 0.6) is 5.75 Å². The zero-order valence-corrected chi connectivity index (χ0v) is 19.6. The summed E-state index contributed by atoms with van der Waals surface area (Å²) in [5.74, 6) is 0.799. The molecule has 1 amide bonds. The molecule has 0 fully saturated rings. The molecule has 6 heteroatoms. The Labute approximate surface area is 191 Å². The Morgan fingerprint density at radius 3 is 2.88 bits per heavy atom. The van der Waals surface area contributed by atoms with Gasteiger partial charge in [0.2, 0.25) is 5.91 Å². The lowest BCUT2D eigenvalue weighted by Crippen LogP contribution is -2.26. The molecule has 0 aliphatic carbocycles. The second-order valence-corrected chi connectivity index (χ2v) is 8.24. The van der Waals surface area contributed by atoms with Crippen molar-refractivity contribution in [3.05, 3.63) is 47.8 Å². The Morgan fingerprint density at radius 1 is 1.25 bits per heavy atom. The summed E-state index contributed by atoms with van der Waals surface area (Å²) in [5.41, 5.74) is 3.53. The summed E-state index contributed by atoms with van der Waals surface area (Å²) in [5, 5.41) is 4.25. The quantitative estimate of drug-likeness (QED) is 0.388. The summed E-state index contributed by atoms with van der Waals surface area (Å²) < 4.78 is 7.58. The number of benzene rings is 1. The molecule has 1 aromatic carbocycles.